The number of allylic oxidation sites excluding steroid dienone is 2. The number of carbonyl (C=O) groups excluding carboxylic acids is 3. The number of dihydropyridines is 1. The second-order valence-electron chi connectivity index (χ2n) is 6.76. The van der Waals surface area contributed by atoms with Crippen molar-refractivity contribution in [2.45, 2.75) is 33.6 Å². The average Bonchev–Trinajstić information content (AvgIpc) is 2.66. The van der Waals surface area contributed by atoms with E-state index in [4.69, 9.17) is 14.2 Å². The van der Waals surface area contributed by atoms with E-state index in [1.165, 1.54) is 14.2 Å². The summed E-state index contributed by atoms with van der Waals surface area (Å²) in [5, 5.41) is 3.05. The SMILES string of the molecule is COC(=O)C1=C(C)NC(C)=C(C(=O)OC)C1c1ccc(OC(=O)C(C)C)cc1. The van der Waals surface area contributed by atoms with Gasteiger partial charge in [0.05, 0.1) is 37.2 Å². The number of esters is 3. The molecule has 0 spiro atoms. The largest absolute Gasteiger partial charge is 0.466 e. The molecular weight excluding hydrogens is 362 g/mol. The Morgan fingerprint density at radius 2 is 1.36 bits per heavy atom. The summed E-state index contributed by atoms with van der Waals surface area (Å²) >= 11 is 0. The molecule has 2 rings (SSSR count). The summed E-state index contributed by atoms with van der Waals surface area (Å²) in [6.07, 6.45) is 0. The van der Waals surface area contributed by atoms with Crippen molar-refractivity contribution < 1.29 is 28.6 Å². The highest BCUT2D eigenvalue weighted by molar-refractivity contribution is 5.99. The Kier molecular flexibility index (Phi) is 6.62. The Labute approximate surface area is 164 Å². The van der Waals surface area contributed by atoms with Crippen LogP contribution in [0.1, 0.15) is 39.2 Å². The first kappa shape index (κ1) is 21.2. The molecule has 0 saturated carbocycles. The maximum atomic E-state index is 12.4. The number of hydrogen-bond donors (Lipinski definition) is 1. The lowest BCUT2D eigenvalue weighted by molar-refractivity contribution is -0.138. The van der Waals surface area contributed by atoms with Crippen molar-refractivity contribution in [2.24, 2.45) is 5.92 Å². The normalized spacial score (nSPS) is 14.7. The molecule has 0 atom stereocenters. The molecular formula is C21H25NO6. The smallest absolute Gasteiger partial charge is 0.336 e. The quantitative estimate of drug-likeness (QED) is 0.614. The first-order valence-electron chi connectivity index (χ1n) is 8.88. The Morgan fingerprint density at radius 1 is 0.893 bits per heavy atom. The van der Waals surface area contributed by atoms with Crippen LogP contribution in [0.15, 0.2) is 46.8 Å². The second kappa shape index (κ2) is 8.73. The summed E-state index contributed by atoms with van der Waals surface area (Å²) < 4.78 is 15.2. The summed E-state index contributed by atoms with van der Waals surface area (Å²) in [5.41, 5.74) is 2.50. The van der Waals surface area contributed by atoms with E-state index in [0.717, 1.165) is 0 Å². The van der Waals surface area contributed by atoms with Gasteiger partial charge < -0.3 is 19.5 Å². The molecule has 28 heavy (non-hydrogen) atoms. The minimum absolute atomic E-state index is 0.253. The van der Waals surface area contributed by atoms with Crippen molar-refractivity contribution in [3.63, 3.8) is 0 Å². The van der Waals surface area contributed by atoms with Gasteiger partial charge in [0.2, 0.25) is 0 Å². The van der Waals surface area contributed by atoms with Crippen molar-refractivity contribution in [3.8, 4) is 5.75 Å². The Balaban J connectivity index is 2.51. The highest BCUT2D eigenvalue weighted by Crippen LogP contribution is 2.39. The van der Waals surface area contributed by atoms with Crippen LogP contribution in [-0.4, -0.2) is 32.1 Å². The van der Waals surface area contributed by atoms with Gasteiger partial charge in [0.25, 0.3) is 0 Å². The van der Waals surface area contributed by atoms with Gasteiger partial charge in [-0.25, -0.2) is 9.59 Å². The Bertz CT molecular complexity index is 810. The average molecular weight is 387 g/mol. The predicted octanol–water partition coefficient (Wildman–Crippen LogP) is 2.83. The van der Waals surface area contributed by atoms with E-state index < -0.39 is 17.9 Å². The maximum Gasteiger partial charge on any atom is 0.336 e. The molecule has 0 aliphatic carbocycles. The van der Waals surface area contributed by atoms with Gasteiger partial charge >= 0.3 is 17.9 Å². The van der Waals surface area contributed by atoms with Gasteiger partial charge in [0.1, 0.15) is 5.75 Å². The molecule has 1 heterocycles. The molecule has 7 heteroatoms. The molecule has 0 unspecified atom stereocenters. The lowest BCUT2D eigenvalue weighted by Crippen LogP contribution is -2.32. The standard InChI is InChI=1S/C21H25NO6/c1-11(2)19(23)28-15-9-7-14(8-10-15)18-16(20(24)26-5)12(3)22-13(4)17(18)21(25)27-6/h7-11,18,22H,1-6H3. The molecule has 0 bridgehead atoms. The van der Waals surface area contributed by atoms with Crippen LogP contribution in [0.4, 0.5) is 0 Å². The Morgan fingerprint density at radius 3 is 1.75 bits per heavy atom. The van der Waals surface area contributed by atoms with Crippen molar-refractivity contribution in [1.82, 2.24) is 5.32 Å². The van der Waals surface area contributed by atoms with E-state index in [1.807, 2.05) is 0 Å². The highest BCUT2D eigenvalue weighted by atomic mass is 16.5. The molecule has 7 nitrogen and oxygen atoms in total. The van der Waals surface area contributed by atoms with Gasteiger partial charge in [-0.15, -0.1) is 0 Å². The first-order valence-corrected chi connectivity index (χ1v) is 8.88. The number of nitrogens with one attached hydrogen (secondary N) is 1. The zero-order valence-corrected chi connectivity index (χ0v) is 16.9. The summed E-state index contributed by atoms with van der Waals surface area (Å²) in [6.45, 7) is 6.99. The molecule has 1 aliphatic heterocycles. The number of carbonyl (C=O) groups is 3. The third-order valence-corrected chi connectivity index (χ3v) is 4.47. The molecule has 1 aromatic rings. The van der Waals surface area contributed by atoms with Gasteiger partial charge in [-0.1, -0.05) is 26.0 Å². The fraction of sp³-hybridized carbons (Fsp3) is 0.381. The van der Waals surface area contributed by atoms with E-state index in [-0.39, 0.29) is 11.9 Å². The van der Waals surface area contributed by atoms with E-state index >= 15 is 0 Å². The van der Waals surface area contributed by atoms with Crippen LogP contribution in [0.25, 0.3) is 0 Å². The predicted molar refractivity (Wildman–Crippen MR) is 102 cm³/mol. The van der Waals surface area contributed by atoms with Gasteiger partial charge in [0.15, 0.2) is 0 Å². The van der Waals surface area contributed by atoms with Crippen LogP contribution in [0.5, 0.6) is 5.75 Å². The van der Waals surface area contributed by atoms with Crippen molar-refractivity contribution >= 4 is 17.9 Å². The summed E-state index contributed by atoms with van der Waals surface area (Å²) in [6, 6.07) is 6.69. The van der Waals surface area contributed by atoms with Gasteiger partial charge in [-0.2, -0.15) is 0 Å². The first-order chi connectivity index (χ1) is 13.2. The van der Waals surface area contributed by atoms with E-state index in [9.17, 15) is 14.4 Å². The topological polar surface area (TPSA) is 90.9 Å². The molecule has 1 aliphatic rings. The van der Waals surface area contributed by atoms with Gasteiger partial charge in [0, 0.05) is 11.4 Å². The molecule has 0 saturated heterocycles. The van der Waals surface area contributed by atoms with Crippen molar-refractivity contribution in [1.29, 1.82) is 0 Å². The maximum absolute atomic E-state index is 12.4. The minimum Gasteiger partial charge on any atom is -0.466 e. The summed E-state index contributed by atoms with van der Waals surface area (Å²) in [4.78, 5) is 36.7. The lowest BCUT2D eigenvalue weighted by Gasteiger charge is -2.30. The zero-order chi connectivity index (χ0) is 21.0. The van der Waals surface area contributed by atoms with E-state index in [0.29, 0.717) is 33.9 Å². The Hall–Kier alpha value is -3.09. The summed E-state index contributed by atoms with van der Waals surface area (Å²) in [5.74, 6) is -1.96. The van der Waals surface area contributed by atoms with Crippen LogP contribution in [-0.2, 0) is 23.9 Å². The van der Waals surface area contributed by atoms with Crippen LogP contribution in [0, 0.1) is 5.92 Å². The van der Waals surface area contributed by atoms with Crippen LogP contribution in [0.3, 0.4) is 0 Å². The molecule has 1 aromatic carbocycles. The monoisotopic (exact) mass is 387 g/mol. The van der Waals surface area contributed by atoms with Crippen LogP contribution >= 0.6 is 0 Å². The van der Waals surface area contributed by atoms with Crippen molar-refractivity contribution in [3.05, 3.63) is 52.4 Å². The number of rotatable bonds is 5. The minimum atomic E-state index is -0.670. The zero-order valence-electron chi connectivity index (χ0n) is 16.9. The lowest BCUT2D eigenvalue weighted by atomic mass is 9.80. The van der Waals surface area contributed by atoms with Crippen LogP contribution < -0.4 is 10.1 Å². The van der Waals surface area contributed by atoms with Gasteiger partial charge in [-0.3, -0.25) is 4.79 Å². The van der Waals surface area contributed by atoms with E-state index in [1.54, 1.807) is 52.0 Å². The highest BCUT2D eigenvalue weighted by Gasteiger charge is 2.37. The van der Waals surface area contributed by atoms with Gasteiger partial charge in [-0.05, 0) is 31.5 Å². The summed E-state index contributed by atoms with van der Waals surface area (Å²) in [7, 11) is 2.58. The molecule has 0 amide bonds. The fourth-order valence-electron chi connectivity index (χ4n) is 3.05. The number of benzene rings is 1. The second-order valence-corrected chi connectivity index (χ2v) is 6.76. The third-order valence-electron chi connectivity index (χ3n) is 4.47. The van der Waals surface area contributed by atoms with E-state index in [2.05, 4.69) is 5.32 Å². The van der Waals surface area contributed by atoms with Crippen LogP contribution in [0.2, 0.25) is 0 Å². The number of hydrogen-bond acceptors (Lipinski definition) is 7. The fourth-order valence-corrected chi connectivity index (χ4v) is 3.05. The number of methoxy groups -OCH3 is 2. The molecule has 150 valence electrons. The molecule has 0 fully saturated rings. The molecule has 0 aromatic heterocycles. The van der Waals surface area contributed by atoms with Crippen molar-refractivity contribution in [2.75, 3.05) is 14.2 Å². The number of ether oxygens (including phenoxy) is 3. The third kappa shape index (κ3) is 4.24. The molecule has 0 radical (unpaired) electrons. The molecule has 1 N–H and O–H groups in total.